The molecule has 0 aliphatic rings. The van der Waals surface area contributed by atoms with Crippen LogP contribution in [-0.4, -0.2) is 67.1 Å². The molecule has 1 aromatic carbocycles. The predicted molar refractivity (Wildman–Crippen MR) is 146 cm³/mol. The molecular formula is C26H40N6O8. The van der Waals surface area contributed by atoms with Crippen LogP contribution in [0.5, 0.6) is 0 Å². The monoisotopic (exact) mass is 564 g/mol. The van der Waals surface area contributed by atoms with Gasteiger partial charge in [0, 0.05) is 19.2 Å². The highest BCUT2D eigenvalue weighted by atomic mass is 16.6. The highest BCUT2D eigenvalue weighted by Gasteiger charge is 2.28. The number of benzene rings is 1. The van der Waals surface area contributed by atoms with E-state index in [1.54, 1.807) is 52.0 Å². The molecule has 0 spiro atoms. The van der Waals surface area contributed by atoms with Crippen molar-refractivity contribution in [3.05, 3.63) is 29.8 Å². The number of urea groups is 1. The largest absolute Gasteiger partial charge is 0.462 e. The first-order chi connectivity index (χ1) is 18.8. The number of esters is 1. The lowest BCUT2D eigenvalue weighted by Crippen LogP contribution is -2.54. The maximum absolute atomic E-state index is 13.0. The van der Waals surface area contributed by atoms with Crippen LogP contribution in [0.1, 0.15) is 53.0 Å². The van der Waals surface area contributed by atoms with Gasteiger partial charge in [-0.3, -0.25) is 19.2 Å². The van der Waals surface area contributed by atoms with Crippen LogP contribution in [0.25, 0.3) is 0 Å². The molecule has 0 saturated heterocycles. The van der Waals surface area contributed by atoms with Gasteiger partial charge in [0.05, 0.1) is 6.10 Å². The van der Waals surface area contributed by atoms with Gasteiger partial charge in [-0.05, 0) is 50.3 Å². The number of amides is 6. The van der Waals surface area contributed by atoms with Crippen LogP contribution in [0.3, 0.4) is 0 Å². The lowest BCUT2D eigenvalue weighted by molar-refractivity contribution is -0.146. The van der Waals surface area contributed by atoms with Crippen molar-refractivity contribution in [1.82, 2.24) is 21.3 Å². The van der Waals surface area contributed by atoms with Crippen LogP contribution in [0, 0.1) is 5.92 Å². The number of alkyl carbamates (subject to hydrolysis) is 1. The number of ether oxygens (including phenoxy) is 2. The van der Waals surface area contributed by atoms with Gasteiger partial charge in [-0.2, -0.15) is 0 Å². The van der Waals surface area contributed by atoms with Gasteiger partial charge < -0.3 is 41.8 Å². The summed E-state index contributed by atoms with van der Waals surface area (Å²) >= 11 is 0. The first-order valence-corrected chi connectivity index (χ1v) is 12.9. The zero-order valence-electron chi connectivity index (χ0n) is 23.5. The molecule has 1 aromatic rings. The second-order valence-corrected chi connectivity index (χ2v) is 9.57. The van der Waals surface area contributed by atoms with Gasteiger partial charge in [-0.1, -0.05) is 26.0 Å². The van der Waals surface area contributed by atoms with Crippen LogP contribution in [0.2, 0.25) is 0 Å². The van der Waals surface area contributed by atoms with Crippen LogP contribution in [0.15, 0.2) is 24.3 Å². The molecule has 7 N–H and O–H groups in total. The quantitative estimate of drug-likeness (QED) is 0.133. The molecule has 0 aliphatic carbocycles. The van der Waals surface area contributed by atoms with Crippen molar-refractivity contribution < 1.29 is 38.2 Å². The molecule has 0 bridgehead atoms. The molecule has 1 unspecified atom stereocenters. The Kier molecular flexibility index (Phi) is 14.5. The van der Waals surface area contributed by atoms with E-state index in [4.69, 9.17) is 15.2 Å². The van der Waals surface area contributed by atoms with Gasteiger partial charge in [0.15, 0.2) is 0 Å². The number of carbonyl (C=O) groups excluding carboxylic acids is 6. The van der Waals surface area contributed by atoms with Crippen molar-refractivity contribution in [3.8, 4) is 0 Å². The van der Waals surface area contributed by atoms with E-state index in [1.165, 1.54) is 6.92 Å². The number of hydrogen-bond donors (Lipinski definition) is 6. The number of nitrogens with two attached hydrogens (primary N) is 1. The van der Waals surface area contributed by atoms with Crippen LogP contribution >= 0.6 is 0 Å². The van der Waals surface area contributed by atoms with E-state index in [9.17, 15) is 28.8 Å². The minimum atomic E-state index is -0.966. The standard InChI is InChI=1S/C26H40N6O8/c1-15(2)22(30-17(5)33)24(36)32-20(7-6-12-28-25(27)37)23(35)31-19-10-8-18(9-11-19)14-39-26(38)29-13-21(34)40-16(3)4/h8-11,15-16,20,22H,6-7,12-14H2,1-5H3,(H,29,38)(H,30,33)(H,31,35)(H,32,36)(H3,27,28,37)/t20-,22?/m0/s1. The molecule has 40 heavy (non-hydrogen) atoms. The van der Waals surface area contributed by atoms with Gasteiger partial charge in [0.1, 0.15) is 25.2 Å². The minimum absolute atomic E-state index is 0.0788. The zero-order chi connectivity index (χ0) is 30.2. The molecular weight excluding hydrogens is 524 g/mol. The van der Waals surface area contributed by atoms with E-state index in [2.05, 4.69) is 26.6 Å². The van der Waals surface area contributed by atoms with Crippen molar-refractivity contribution >= 4 is 41.5 Å². The van der Waals surface area contributed by atoms with Gasteiger partial charge >= 0.3 is 18.1 Å². The Hall–Kier alpha value is -4.36. The van der Waals surface area contributed by atoms with Crippen LogP contribution < -0.4 is 32.3 Å². The summed E-state index contributed by atoms with van der Waals surface area (Å²) in [4.78, 5) is 71.7. The summed E-state index contributed by atoms with van der Waals surface area (Å²) in [6.07, 6.45) is -0.549. The minimum Gasteiger partial charge on any atom is -0.462 e. The lowest BCUT2D eigenvalue weighted by atomic mass is 10.0. The summed E-state index contributed by atoms with van der Waals surface area (Å²) in [7, 11) is 0. The lowest BCUT2D eigenvalue weighted by Gasteiger charge is -2.25. The maximum atomic E-state index is 13.0. The number of primary amides is 1. The first kappa shape index (κ1) is 33.7. The van der Waals surface area contributed by atoms with Gasteiger partial charge in [-0.15, -0.1) is 0 Å². The average molecular weight is 565 g/mol. The highest BCUT2D eigenvalue weighted by Crippen LogP contribution is 2.13. The second-order valence-electron chi connectivity index (χ2n) is 9.57. The Balaban J connectivity index is 2.76. The molecule has 1 rings (SSSR count). The van der Waals surface area contributed by atoms with Crippen molar-refractivity contribution in [1.29, 1.82) is 0 Å². The van der Waals surface area contributed by atoms with E-state index in [-0.39, 0.29) is 44.0 Å². The Bertz CT molecular complexity index is 1030. The summed E-state index contributed by atoms with van der Waals surface area (Å²) in [5.41, 5.74) is 6.12. The Morgan fingerprint density at radius 1 is 0.900 bits per heavy atom. The topological polar surface area (TPSA) is 207 Å². The normalized spacial score (nSPS) is 12.1. The highest BCUT2D eigenvalue weighted by molar-refractivity contribution is 5.98. The van der Waals surface area contributed by atoms with E-state index in [0.717, 1.165) is 0 Å². The smallest absolute Gasteiger partial charge is 0.407 e. The van der Waals surface area contributed by atoms with E-state index in [0.29, 0.717) is 17.7 Å². The molecule has 222 valence electrons. The second kappa shape index (κ2) is 17.3. The van der Waals surface area contributed by atoms with E-state index >= 15 is 0 Å². The third-order valence-corrected chi connectivity index (χ3v) is 5.25. The van der Waals surface area contributed by atoms with Crippen molar-refractivity contribution in [2.24, 2.45) is 11.7 Å². The Labute approximate surface area is 233 Å². The van der Waals surface area contributed by atoms with Crippen LogP contribution in [-0.2, 0) is 35.3 Å². The number of anilines is 1. The van der Waals surface area contributed by atoms with Crippen LogP contribution in [0.4, 0.5) is 15.3 Å². The third kappa shape index (κ3) is 14.0. The molecule has 6 amide bonds. The molecule has 0 radical (unpaired) electrons. The Morgan fingerprint density at radius 3 is 2.10 bits per heavy atom. The summed E-state index contributed by atoms with van der Waals surface area (Å²) < 4.78 is 9.98. The molecule has 0 aromatic heterocycles. The fourth-order valence-corrected chi connectivity index (χ4v) is 3.36. The number of rotatable bonds is 15. The molecule has 0 aliphatic heterocycles. The average Bonchev–Trinajstić information content (AvgIpc) is 2.86. The summed E-state index contributed by atoms with van der Waals surface area (Å²) in [5, 5.41) is 12.7. The first-order valence-electron chi connectivity index (χ1n) is 12.9. The molecule has 0 heterocycles. The van der Waals surface area contributed by atoms with Crippen molar-refractivity contribution in [2.45, 2.75) is 72.3 Å². The molecule has 0 saturated carbocycles. The summed E-state index contributed by atoms with van der Waals surface area (Å²) in [6.45, 7) is 8.02. The van der Waals surface area contributed by atoms with Gasteiger partial charge in [0.2, 0.25) is 17.7 Å². The van der Waals surface area contributed by atoms with Crippen molar-refractivity contribution in [3.63, 3.8) is 0 Å². The van der Waals surface area contributed by atoms with E-state index < -0.39 is 42.0 Å². The SMILES string of the molecule is CC(=O)NC(C(=O)N[C@@H](CCCNC(N)=O)C(=O)Nc1ccc(COC(=O)NCC(=O)OC(C)C)cc1)C(C)C. The van der Waals surface area contributed by atoms with Gasteiger partial charge in [0.25, 0.3) is 0 Å². The number of nitrogens with one attached hydrogen (secondary N) is 5. The molecule has 2 atom stereocenters. The van der Waals surface area contributed by atoms with Gasteiger partial charge in [-0.25, -0.2) is 9.59 Å². The van der Waals surface area contributed by atoms with E-state index in [1.807, 2.05) is 0 Å². The fraction of sp³-hybridized carbons (Fsp3) is 0.538. The predicted octanol–water partition coefficient (Wildman–Crippen LogP) is 0.897. The molecule has 14 heteroatoms. The zero-order valence-corrected chi connectivity index (χ0v) is 23.5. The number of carbonyl (C=O) groups is 6. The summed E-state index contributed by atoms with van der Waals surface area (Å²) in [5.74, 6) is -2.21. The summed E-state index contributed by atoms with van der Waals surface area (Å²) in [6, 6.07) is 3.94. The Morgan fingerprint density at radius 2 is 1.55 bits per heavy atom. The maximum Gasteiger partial charge on any atom is 0.407 e. The van der Waals surface area contributed by atoms with Crippen molar-refractivity contribution in [2.75, 3.05) is 18.4 Å². The number of hydrogen-bond acceptors (Lipinski definition) is 8. The molecule has 0 fully saturated rings. The third-order valence-electron chi connectivity index (χ3n) is 5.25. The fourth-order valence-electron chi connectivity index (χ4n) is 3.36. The molecule has 14 nitrogen and oxygen atoms in total.